The van der Waals surface area contributed by atoms with Crippen molar-refractivity contribution < 1.29 is 14.2 Å². The molecule has 5 nitrogen and oxygen atoms in total. The third-order valence-corrected chi connectivity index (χ3v) is 3.49. The molecule has 1 aromatic heterocycles. The first-order valence-corrected chi connectivity index (χ1v) is 7.49. The van der Waals surface area contributed by atoms with Crippen molar-refractivity contribution in [2.45, 2.75) is 20.0 Å². The van der Waals surface area contributed by atoms with Crippen LogP contribution in [0.2, 0.25) is 0 Å². The Morgan fingerprint density at radius 3 is 2.22 bits per heavy atom. The Bertz CT molecular complexity index is 766. The molecule has 0 bridgehead atoms. The molecule has 0 amide bonds. The van der Waals surface area contributed by atoms with Gasteiger partial charge in [0.1, 0.15) is 11.6 Å². The highest BCUT2D eigenvalue weighted by atomic mass is 16.5. The summed E-state index contributed by atoms with van der Waals surface area (Å²) < 4.78 is 16.3. The van der Waals surface area contributed by atoms with Gasteiger partial charge in [-0.25, -0.2) is 4.98 Å². The zero-order valence-corrected chi connectivity index (χ0v) is 13.7. The SMILES string of the molecule is COc1cc2nc(-c3ccc(OC(C)C)cc3)[nH]c2cc1OC. The van der Waals surface area contributed by atoms with Crippen molar-refractivity contribution in [1.29, 1.82) is 0 Å². The molecular formula is C18H20N2O3. The minimum Gasteiger partial charge on any atom is -0.493 e. The highest BCUT2D eigenvalue weighted by molar-refractivity contribution is 5.83. The number of ether oxygens (including phenoxy) is 3. The maximum atomic E-state index is 5.66. The van der Waals surface area contributed by atoms with E-state index >= 15 is 0 Å². The van der Waals surface area contributed by atoms with E-state index in [1.165, 1.54) is 0 Å². The number of nitrogens with one attached hydrogen (secondary N) is 1. The Balaban J connectivity index is 1.96. The van der Waals surface area contributed by atoms with Crippen LogP contribution in [-0.4, -0.2) is 30.3 Å². The van der Waals surface area contributed by atoms with Crippen LogP contribution in [0.3, 0.4) is 0 Å². The van der Waals surface area contributed by atoms with Crippen molar-refractivity contribution in [3.8, 4) is 28.6 Å². The van der Waals surface area contributed by atoms with E-state index < -0.39 is 0 Å². The number of methoxy groups -OCH3 is 2. The van der Waals surface area contributed by atoms with Crippen molar-refractivity contribution in [3.63, 3.8) is 0 Å². The second-order valence-electron chi connectivity index (χ2n) is 5.50. The summed E-state index contributed by atoms with van der Waals surface area (Å²) in [6.07, 6.45) is 0.159. The van der Waals surface area contributed by atoms with Gasteiger partial charge in [-0.2, -0.15) is 0 Å². The van der Waals surface area contributed by atoms with Crippen LogP contribution in [0, 0.1) is 0 Å². The van der Waals surface area contributed by atoms with E-state index in [4.69, 9.17) is 14.2 Å². The van der Waals surface area contributed by atoms with Crippen molar-refractivity contribution in [3.05, 3.63) is 36.4 Å². The average molecular weight is 312 g/mol. The molecule has 0 atom stereocenters. The summed E-state index contributed by atoms with van der Waals surface area (Å²) >= 11 is 0. The van der Waals surface area contributed by atoms with Gasteiger partial charge in [0.2, 0.25) is 0 Å². The Morgan fingerprint density at radius 1 is 0.957 bits per heavy atom. The van der Waals surface area contributed by atoms with Crippen molar-refractivity contribution in [2.75, 3.05) is 14.2 Å². The number of hydrogen-bond acceptors (Lipinski definition) is 4. The Hall–Kier alpha value is -2.69. The van der Waals surface area contributed by atoms with Crippen LogP contribution in [0.15, 0.2) is 36.4 Å². The van der Waals surface area contributed by atoms with Gasteiger partial charge < -0.3 is 19.2 Å². The minimum absolute atomic E-state index is 0.159. The van der Waals surface area contributed by atoms with Crippen LogP contribution in [0.5, 0.6) is 17.2 Å². The number of H-pyrrole nitrogens is 1. The van der Waals surface area contributed by atoms with Crippen molar-refractivity contribution >= 4 is 11.0 Å². The van der Waals surface area contributed by atoms with Crippen LogP contribution in [0.4, 0.5) is 0 Å². The topological polar surface area (TPSA) is 56.4 Å². The quantitative estimate of drug-likeness (QED) is 0.772. The first-order valence-electron chi connectivity index (χ1n) is 7.49. The number of hydrogen-bond donors (Lipinski definition) is 1. The van der Waals surface area contributed by atoms with Crippen molar-refractivity contribution in [1.82, 2.24) is 9.97 Å². The fraction of sp³-hybridized carbons (Fsp3) is 0.278. The number of rotatable bonds is 5. The normalized spacial score (nSPS) is 11.0. The lowest BCUT2D eigenvalue weighted by Gasteiger charge is -2.09. The monoisotopic (exact) mass is 312 g/mol. The largest absolute Gasteiger partial charge is 0.493 e. The van der Waals surface area contributed by atoms with E-state index in [9.17, 15) is 0 Å². The zero-order chi connectivity index (χ0) is 16.4. The lowest BCUT2D eigenvalue weighted by molar-refractivity contribution is 0.242. The Morgan fingerprint density at radius 2 is 1.61 bits per heavy atom. The van der Waals surface area contributed by atoms with E-state index in [2.05, 4.69) is 9.97 Å². The standard InChI is InChI=1S/C18H20N2O3/c1-11(2)23-13-7-5-12(6-8-13)18-19-14-9-16(21-3)17(22-4)10-15(14)20-18/h5-11H,1-4H3,(H,19,20). The highest BCUT2D eigenvalue weighted by Gasteiger charge is 2.11. The van der Waals surface area contributed by atoms with Crippen molar-refractivity contribution in [2.24, 2.45) is 0 Å². The maximum absolute atomic E-state index is 5.66. The molecule has 1 heterocycles. The molecule has 23 heavy (non-hydrogen) atoms. The van der Waals surface area contributed by atoms with Gasteiger partial charge in [0.15, 0.2) is 11.5 Å². The van der Waals surface area contributed by atoms with Gasteiger partial charge in [-0.1, -0.05) is 0 Å². The minimum atomic E-state index is 0.159. The van der Waals surface area contributed by atoms with E-state index in [1.54, 1.807) is 14.2 Å². The molecule has 0 radical (unpaired) electrons. The van der Waals surface area contributed by atoms with Gasteiger partial charge in [0.25, 0.3) is 0 Å². The molecule has 3 rings (SSSR count). The second kappa shape index (κ2) is 6.20. The fourth-order valence-corrected chi connectivity index (χ4v) is 2.44. The molecule has 0 aliphatic carbocycles. The molecule has 0 aliphatic heterocycles. The molecule has 0 spiro atoms. The van der Waals surface area contributed by atoms with E-state index in [0.717, 1.165) is 28.2 Å². The lowest BCUT2D eigenvalue weighted by atomic mass is 10.2. The lowest BCUT2D eigenvalue weighted by Crippen LogP contribution is -2.05. The van der Waals surface area contributed by atoms with Crippen LogP contribution in [0.1, 0.15) is 13.8 Å². The Labute approximate surface area is 135 Å². The maximum Gasteiger partial charge on any atom is 0.163 e. The smallest absolute Gasteiger partial charge is 0.163 e. The van der Waals surface area contributed by atoms with Gasteiger partial charge in [-0.15, -0.1) is 0 Å². The summed E-state index contributed by atoms with van der Waals surface area (Å²) in [5, 5.41) is 0. The van der Waals surface area contributed by atoms with E-state index in [-0.39, 0.29) is 6.10 Å². The number of fused-ring (bicyclic) bond motifs is 1. The van der Waals surface area contributed by atoms with Gasteiger partial charge in [0.05, 0.1) is 31.4 Å². The number of aromatic nitrogens is 2. The molecule has 0 saturated heterocycles. The van der Waals surface area contributed by atoms with Gasteiger partial charge >= 0.3 is 0 Å². The third kappa shape index (κ3) is 3.08. The van der Waals surface area contributed by atoms with E-state index in [0.29, 0.717) is 11.5 Å². The molecule has 120 valence electrons. The van der Waals surface area contributed by atoms with Crippen LogP contribution >= 0.6 is 0 Å². The van der Waals surface area contributed by atoms with Crippen LogP contribution < -0.4 is 14.2 Å². The number of imidazole rings is 1. The van der Waals surface area contributed by atoms with Crippen LogP contribution in [-0.2, 0) is 0 Å². The second-order valence-corrected chi connectivity index (χ2v) is 5.50. The van der Waals surface area contributed by atoms with Gasteiger partial charge in [-0.3, -0.25) is 0 Å². The Kier molecular flexibility index (Phi) is 4.10. The fourth-order valence-electron chi connectivity index (χ4n) is 2.44. The number of benzene rings is 2. The zero-order valence-electron chi connectivity index (χ0n) is 13.7. The molecule has 5 heteroatoms. The summed E-state index contributed by atoms with van der Waals surface area (Å²) in [6, 6.07) is 11.6. The third-order valence-electron chi connectivity index (χ3n) is 3.49. The molecule has 0 saturated carbocycles. The van der Waals surface area contributed by atoms with Gasteiger partial charge in [0, 0.05) is 17.7 Å². The molecule has 0 aliphatic rings. The highest BCUT2D eigenvalue weighted by Crippen LogP contribution is 2.32. The molecule has 1 N–H and O–H groups in total. The predicted molar refractivity (Wildman–Crippen MR) is 90.4 cm³/mol. The van der Waals surface area contributed by atoms with Gasteiger partial charge in [-0.05, 0) is 38.1 Å². The molecule has 3 aromatic rings. The first-order chi connectivity index (χ1) is 11.1. The predicted octanol–water partition coefficient (Wildman–Crippen LogP) is 4.03. The summed E-state index contributed by atoms with van der Waals surface area (Å²) in [5.41, 5.74) is 2.73. The van der Waals surface area contributed by atoms with Crippen LogP contribution in [0.25, 0.3) is 22.4 Å². The molecule has 0 unspecified atom stereocenters. The summed E-state index contributed by atoms with van der Waals surface area (Å²) in [4.78, 5) is 7.94. The summed E-state index contributed by atoms with van der Waals surface area (Å²) in [5.74, 6) is 2.99. The number of nitrogens with zero attached hydrogens (tertiary/aromatic N) is 1. The summed E-state index contributed by atoms with van der Waals surface area (Å²) in [7, 11) is 3.24. The average Bonchev–Trinajstić information content (AvgIpc) is 2.96. The number of aromatic amines is 1. The first kappa shape index (κ1) is 15.2. The molecular weight excluding hydrogens is 292 g/mol. The molecule has 0 fully saturated rings. The molecule has 2 aromatic carbocycles. The summed E-state index contributed by atoms with van der Waals surface area (Å²) in [6.45, 7) is 4.02. The van der Waals surface area contributed by atoms with E-state index in [1.807, 2.05) is 50.2 Å².